The van der Waals surface area contributed by atoms with Crippen molar-refractivity contribution in [2.45, 2.75) is 82.8 Å². The highest BCUT2D eigenvalue weighted by Gasteiger charge is 2.50. The van der Waals surface area contributed by atoms with Crippen molar-refractivity contribution in [1.29, 1.82) is 0 Å². The van der Waals surface area contributed by atoms with Crippen molar-refractivity contribution >= 4 is 34.6 Å². The molecule has 2 saturated heterocycles. The Morgan fingerprint density at radius 2 is 1.93 bits per heavy atom. The van der Waals surface area contributed by atoms with Crippen molar-refractivity contribution in [3.8, 4) is 5.75 Å². The highest BCUT2D eigenvalue weighted by atomic mass is 19.1. The van der Waals surface area contributed by atoms with Gasteiger partial charge in [-0.2, -0.15) is 0 Å². The molecule has 3 fully saturated rings. The van der Waals surface area contributed by atoms with Gasteiger partial charge in [-0.05, 0) is 69.6 Å². The molecule has 1 unspecified atom stereocenters. The average molecular weight is 557 g/mol. The molecule has 40 heavy (non-hydrogen) atoms. The smallest absolute Gasteiger partial charge is 0.326 e. The van der Waals surface area contributed by atoms with E-state index in [9.17, 15) is 28.7 Å². The van der Waals surface area contributed by atoms with Crippen LogP contribution in [0, 0.1) is 17.2 Å². The maximum atomic E-state index is 14.5. The first-order valence-corrected chi connectivity index (χ1v) is 13.9. The number of rotatable bonds is 7. The Labute approximate surface area is 232 Å². The van der Waals surface area contributed by atoms with Crippen LogP contribution in [0.4, 0.5) is 4.39 Å². The third-order valence-corrected chi connectivity index (χ3v) is 8.86. The van der Waals surface area contributed by atoms with Gasteiger partial charge in [0.15, 0.2) is 0 Å². The Morgan fingerprint density at radius 1 is 1.20 bits per heavy atom. The Balaban J connectivity index is 1.41. The predicted octanol–water partition coefficient (Wildman–Crippen LogP) is 3.35. The number of nitrogens with one attached hydrogen (secondary N) is 3. The standard InChI is InChI=1S/C29H37FN4O6/c1-28(2)13-16(24(35)33-28)11-20(27(38)39)32-25(36)21-14-29(9-5-4-6-10-29)15-34(21)26(37)19-12-17-22(40-3)8-7-18(30)23(17)31-19/h7-8,12,16,20-21,31H,4-6,9-11,13-15H2,1-3H3,(H,32,36)(H,33,35)(H,38,39)/t16-,20+,21?/m1/s1. The topological polar surface area (TPSA) is 141 Å². The van der Waals surface area contributed by atoms with Crippen molar-refractivity contribution in [2.24, 2.45) is 11.3 Å². The molecule has 216 valence electrons. The zero-order valence-electron chi connectivity index (χ0n) is 23.1. The zero-order chi connectivity index (χ0) is 28.8. The molecule has 1 aliphatic carbocycles. The SMILES string of the molecule is COc1ccc(F)c2[nH]c(C(=O)N3CC4(CCCCC4)CC3C(=O)N[C@@H](C[C@@H]3CC(C)(C)NC3=O)C(=O)O)cc12. The largest absolute Gasteiger partial charge is 0.496 e. The second-order valence-electron chi connectivity index (χ2n) is 12.3. The van der Waals surface area contributed by atoms with Crippen LogP contribution in [0.15, 0.2) is 18.2 Å². The fraction of sp³-hybridized carbons (Fsp3) is 0.586. The average Bonchev–Trinajstić information content (AvgIpc) is 3.58. The number of ether oxygens (including phenoxy) is 1. The number of benzene rings is 1. The number of hydrogen-bond donors (Lipinski definition) is 4. The summed E-state index contributed by atoms with van der Waals surface area (Å²) in [5, 5.41) is 15.8. The van der Waals surface area contributed by atoms with E-state index in [1.165, 1.54) is 30.2 Å². The number of nitrogens with zero attached hydrogens (tertiary/aromatic N) is 1. The normalized spacial score (nSPS) is 24.2. The van der Waals surface area contributed by atoms with E-state index < -0.39 is 47.1 Å². The fourth-order valence-corrected chi connectivity index (χ4v) is 6.93. The number of aromatic nitrogens is 1. The van der Waals surface area contributed by atoms with E-state index in [2.05, 4.69) is 15.6 Å². The first kappa shape index (κ1) is 27.9. The molecule has 1 aromatic carbocycles. The first-order valence-electron chi connectivity index (χ1n) is 13.9. The molecule has 3 atom stereocenters. The molecule has 1 aromatic heterocycles. The number of carbonyl (C=O) groups is 4. The van der Waals surface area contributed by atoms with E-state index in [-0.39, 0.29) is 29.0 Å². The van der Waals surface area contributed by atoms with Crippen LogP contribution in [0.5, 0.6) is 5.75 Å². The Kier molecular flexibility index (Phi) is 7.26. The van der Waals surface area contributed by atoms with Gasteiger partial charge in [-0.3, -0.25) is 14.4 Å². The van der Waals surface area contributed by atoms with E-state index in [1.54, 1.807) is 0 Å². The maximum absolute atomic E-state index is 14.5. The van der Waals surface area contributed by atoms with Gasteiger partial charge in [0.1, 0.15) is 29.3 Å². The van der Waals surface area contributed by atoms with Gasteiger partial charge in [0, 0.05) is 23.4 Å². The third kappa shape index (κ3) is 5.25. The van der Waals surface area contributed by atoms with Crippen LogP contribution in [0.2, 0.25) is 0 Å². The molecule has 1 spiro atoms. The minimum absolute atomic E-state index is 0.0385. The number of carboxylic acid groups (broad SMARTS) is 1. The lowest BCUT2D eigenvalue weighted by atomic mass is 9.72. The quantitative estimate of drug-likeness (QED) is 0.412. The number of carbonyl (C=O) groups excluding carboxylic acids is 3. The molecule has 10 nitrogen and oxygen atoms in total. The van der Waals surface area contributed by atoms with Gasteiger partial charge in [0.05, 0.1) is 12.6 Å². The number of carboxylic acids is 1. The fourth-order valence-electron chi connectivity index (χ4n) is 6.93. The van der Waals surface area contributed by atoms with E-state index in [1.807, 2.05) is 13.8 Å². The number of methoxy groups -OCH3 is 1. The van der Waals surface area contributed by atoms with E-state index in [0.29, 0.717) is 30.5 Å². The van der Waals surface area contributed by atoms with Crippen LogP contribution in [0.1, 0.15) is 75.7 Å². The van der Waals surface area contributed by atoms with Crippen molar-refractivity contribution in [3.05, 3.63) is 29.7 Å². The van der Waals surface area contributed by atoms with Crippen LogP contribution in [0.25, 0.3) is 10.9 Å². The van der Waals surface area contributed by atoms with E-state index >= 15 is 0 Å². The molecule has 0 radical (unpaired) electrons. The molecule has 2 aliphatic heterocycles. The van der Waals surface area contributed by atoms with Crippen molar-refractivity contribution < 1.29 is 33.4 Å². The van der Waals surface area contributed by atoms with Crippen molar-refractivity contribution in [3.63, 3.8) is 0 Å². The number of likely N-dealkylation sites (tertiary alicyclic amines) is 1. The molecule has 2 aromatic rings. The minimum atomic E-state index is -1.27. The lowest BCUT2D eigenvalue weighted by molar-refractivity contribution is -0.143. The Hall–Kier alpha value is -3.63. The number of halogens is 1. The first-order chi connectivity index (χ1) is 18.9. The summed E-state index contributed by atoms with van der Waals surface area (Å²) in [6.07, 6.45) is 5.67. The Morgan fingerprint density at radius 3 is 2.55 bits per heavy atom. The molecule has 1 saturated carbocycles. The van der Waals surface area contributed by atoms with Gasteiger partial charge in [-0.1, -0.05) is 19.3 Å². The van der Waals surface area contributed by atoms with E-state index in [0.717, 1.165) is 32.1 Å². The number of hydrogen-bond acceptors (Lipinski definition) is 5. The molecule has 3 amide bonds. The summed E-state index contributed by atoms with van der Waals surface area (Å²) >= 11 is 0. The Bertz CT molecular complexity index is 1350. The zero-order valence-corrected chi connectivity index (χ0v) is 23.1. The second kappa shape index (κ2) is 10.4. The second-order valence-corrected chi connectivity index (χ2v) is 12.3. The number of aromatic amines is 1. The van der Waals surface area contributed by atoms with Crippen LogP contribution in [-0.4, -0.2) is 70.0 Å². The number of H-pyrrole nitrogens is 1. The third-order valence-electron chi connectivity index (χ3n) is 8.86. The van der Waals surface area contributed by atoms with Crippen LogP contribution >= 0.6 is 0 Å². The highest BCUT2D eigenvalue weighted by Crippen LogP contribution is 2.47. The van der Waals surface area contributed by atoms with Crippen molar-refractivity contribution in [2.75, 3.05) is 13.7 Å². The molecule has 3 heterocycles. The minimum Gasteiger partial charge on any atom is -0.496 e. The number of aliphatic carboxylic acids is 1. The van der Waals surface area contributed by atoms with Gasteiger partial charge in [0.25, 0.3) is 5.91 Å². The molecule has 0 bridgehead atoms. The van der Waals surface area contributed by atoms with Crippen LogP contribution in [-0.2, 0) is 14.4 Å². The van der Waals surface area contributed by atoms with Gasteiger partial charge in [0.2, 0.25) is 11.8 Å². The number of amides is 3. The summed E-state index contributed by atoms with van der Waals surface area (Å²) in [4.78, 5) is 56.5. The van der Waals surface area contributed by atoms with Gasteiger partial charge in [-0.25, -0.2) is 9.18 Å². The van der Waals surface area contributed by atoms with Gasteiger partial charge >= 0.3 is 5.97 Å². The molecular weight excluding hydrogens is 519 g/mol. The van der Waals surface area contributed by atoms with Crippen molar-refractivity contribution in [1.82, 2.24) is 20.5 Å². The molecule has 11 heteroatoms. The van der Waals surface area contributed by atoms with Crippen LogP contribution in [0.3, 0.4) is 0 Å². The summed E-state index contributed by atoms with van der Waals surface area (Å²) in [6, 6.07) is 2.11. The summed E-state index contributed by atoms with van der Waals surface area (Å²) in [5.41, 5.74) is -0.417. The van der Waals surface area contributed by atoms with Gasteiger partial charge in [-0.15, -0.1) is 0 Å². The summed E-state index contributed by atoms with van der Waals surface area (Å²) in [7, 11) is 1.46. The molecule has 4 N–H and O–H groups in total. The molecule has 5 rings (SSSR count). The summed E-state index contributed by atoms with van der Waals surface area (Å²) < 4.78 is 19.9. The summed E-state index contributed by atoms with van der Waals surface area (Å²) in [6.45, 7) is 4.10. The monoisotopic (exact) mass is 556 g/mol. The van der Waals surface area contributed by atoms with E-state index in [4.69, 9.17) is 4.74 Å². The number of fused-ring (bicyclic) bond motifs is 1. The highest BCUT2D eigenvalue weighted by molar-refractivity contribution is 6.02. The summed E-state index contributed by atoms with van der Waals surface area (Å²) in [5.74, 6) is -3.13. The predicted molar refractivity (Wildman–Crippen MR) is 144 cm³/mol. The maximum Gasteiger partial charge on any atom is 0.326 e. The molecule has 3 aliphatic rings. The van der Waals surface area contributed by atoms with Gasteiger partial charge < -0.3 is 30.4 Å². The lowest BCUT2D eigenvalue weighted by Gasteiger charge is -2.32. The van der Waals surface area contributed by atoms with Crippen LogP contribution < -0.4 is 15.4 Å². The lowest BCUT2D eigenvalue weighted by Crippen LogP contribution is -2.51. The molecular formula is C29H37FN4O6.